The van der Waals surface area contributed by atoms with Crippen molar-refractivity contribution < 1.29 is 9.13 Å². The van der Waals surface area contributed by atoms with Gasteiger partial charge in [-0.3, -0.25) is 0 Å². The van der Waals surface area contributed by atoms with Gasteiger partial charge in [0.05, 0.1) is 10.7 Å². The van der Waals surface area contributed by atoms with E-state index in [1.807, 2.05) is 6.07 Å². The Morgan fingerprint density at radius 3 is 2.43 bits per heavy atom. The zero-order chi connectivity index (χ0) is 16.2. The minimum atomic E-state index is -0.324. The number of ether oxygens (including phenoxy) is 1. The van der Waals surface area contributed by atoms with E-state index in [-0.39, 0.29) is 17.3 Å². The van der Waals surface area contributed by atoms with Crippen LogP contribution in [0, 0.1) is 17.1 Å². The maximum atomic E-state index is 13.0. The first-order valence-electron chi connectivity index (χ1n) is 6.77. The normalized spacial score (nSPS) is 10.1. The van der Waals surface area contributed by atoms with Crippen molar-refractivity contribution in [1.82, 2.24) is 4.98 Å². The topological polar surface area (TPSA) is 45.9 Å². The molecule has 2 aromatic carbocycles. The van der Waals surface area contributed by atoms with Crippen molar-refractivity contribution in [3.05, 3.63) is 77.1 Å². The average Bonchev–Trinajstić information content (AvgIpc) is 2.57. The number of benzene rings is 2. The van der Waals surface area contributed by atoms with Crippen LogP contribution in [0.15, 0.2) is 60.7 Å². The molecule has 23 heavy (non-hydrogen) atoms. The van der Waals surface area contributed by atoms with Crippen LogP contribution >= 0.6 is 11.6 Å². The van der Waals surface area contributed by atoms with E-state index in [0.717, 1.165) is 5.56 Å². The predicted molar refractivity (Wildman–Crippen MR) is 85.9 cm³/mol. The van der Waals surface area contributed by atoms with Crippen LogP contribution in [-0.2, 0) is 0 Å². The summed E-state index contributed by atoms with van der Waals surface area (Å²) >= 11 is 6.07. The van der Waals surface area contributed by atoms with Gasteiger partial charge in [-0.05, 0) is 48.5 Å². The van der Waals surface area contributed by atoms with Crippen molar-refractivity contribution >= 4 is 11.6 Å². The Bertz CT molecular complexity index is 888. The highest BCUT2D eigenvalue weighted by atomic mass is 35.5. The van der Waals surface area contributed by atoms with E-state index in [4.69, 9.17) is 16.3 Å². The molecule has 0 radical (unpaired) electrons. The number of nitrogens with zero attached hydrogens (tertiary/aromatic N) is 2. The van der Waals surface area contributed by atoms with E-state index in [1.54, 1.807) is 48.5 Å². The van der Waals surface area contributed by atoms with Gasteiger partial charge in [0.25, 0.3) is 0 Å². The summed E-state index contributed by atoms with van der Waals surface area (Å²) in [6.45, 7) is 0. The lowest BCUT2D eigenvalue weighted by Crippen LogP contribution is -1.94. The lowest BCUT2D eigenvalue weighted by atomic mass is 10.1. The Labute approximate surface area is 137 Å². The molecule has 0 spiro atoms. The zero-order valence-electron chi connectivity index (χ0n) is 11.8. The Balaban J connectivity index is 2.02. The summed E-state index contributed by atoms with van der Waals surface area (Å²) < 4.78 is 18.7. The summed E-state index contributed by atoms with van der Waals surface area (Å²) in [6.07, 6.45) is 0. The largest absolute Gasteiger partial charge is 0.436 e. The molecule has 0 aliphatic carbocycles. The molecule has 3 aromatic rings. The number of nitriles is 1. The fraction of sp³-hybridized carbons (Fsp3) is 0. The molecule has 0 aliphatic heterocycles. The monoisotopic (exact) mass is 324 g/mol. The van der Waals surface area contributed by atoms with Crippen LogP contribution in [0.1, 0.15) is 5.56 Å². The Morgan fingerprint density at radius 2 is 1.74 bits per heavy atom. The van der Waals surface area contributed by atoms with Gasteiger partial charge in [-0.1, -0.05) is 23.7 Å². The number of hydrogen-bond donors (Lipinski definition) is 0. The number of para-hydroxylation sites is 1. The summed E-state index contributed by atoms with van der Waals surface area (Å²) in [7, 11) is 0. The molecular formula is C18H10ClFN2O. The summed E-state index contributed by atoms with van der Waals surface area (Å²) in [5.74, 6) is 0.242. The van der Waals surface area contributed by atoms with Gasteiger partial charge in [0.2, 0.25) is 5.88 Å². The first-order valence-corrected chi connectivity index (χ1v) is 7.14. The maximum Gasteiger partial charge on any atom is 0.237 e. The molecule has 0 fully saturated rings. The Hall–Kier alpha value is -2.90. The van der Waals surface area contributed by atoms with Crippen LogP contribution in [0.3, 0.4) is 0 Å². The molecule has 3 nitrogen and oxygen atoms in total. The molecule has 0 bridgehead atoms. The van der Waals surface area contributed by atoms with Crippen LogP contribution in [0.2, 0.25) is 5.02 Å². The van der Waals surface area contributed by atoms with Gasteiger partial charge in [-0.25, -0.2) is 9.37 Å². The molecule has 0 unspecified atom stereocenters. The summed E-state index contributed by atoms with van der Waals surface area (Å²) in [6, 6.07) is 18.2. The first-order chi connectivity index (χ1) is 11.2. The van der Waals surface area contributed by atoms with Gasteiger partial charge < -0.3 is 4.74 Å². The molecule has 1 heterocycles. The quantitative estimate of drug-likeness (QED) is 0.664. The van der Waals surface area contributed by atoms with Crippen LogP contribution in [0.25, 0.3) is 11.3 Å². The molecule has 3 rings (SSSR count). The lowest BCUT2D eigenvalue weighted by Gasteiger charge is -2.09. The molecule has 0 atom stereocenters. The highest BCUT2D eigenvalue weighted by molar-refractivity contribution is 6.32. The van der Waals surface area contributed by atoms with Gasteiger partial charge in [0.1, 0.15) is 23.2 Å². The smallest absolute Gasteiger partial charge is 0.237 e. The second-order valence-electron chi connectivity index (χ2n) is 4.70. The van der Waals surface area contributed by atoms with Crippen molar-refractivity contribution in [1.29, 1.82) is 5.26 Å². The highest BCUT2D eigenvalue weighted by Gasteiger charge is 2.11. The zero-order valence-corrected chi connectivity index (χ0v) is 12.6. The predicted octanol–water partition coefficient (Wildman–Crippen LogP) is 5.21. The van der Waals surface area contributed by atoms with E-state index >= 15 is 0 Å². The molecule has 0 aliphatic rings. The van der Waals surface area contributed by atoms with Gasteiger partial charge >= 0.3 is 0 Å². The molecule has 5 heteroatoms. The highest BCUT2D eigenvalue weighted by Crippen LogP contribution is 2.31. The maximum absolute atomic E-state index is 13.0. The SMILES string of the molecule is N#Cc1ccc(-c2ccc(F)cc2)nc1Oc1ccccc1Cl. The molecule has 0 amide bonds. The van der Waals surface area contributed by atoms with Crippen LogP contribution in [-0.4, -0.2) is 4.98 Å². The molecule has 0 saturated heterocycles. The number of pyridine rings is 1. The second-order valence-corrected chi connectivity index (χ2v) is 5.11. The van der Waals surface area contributed by atoms with E-state index < -0.39 is 0 Å². The van der Waals surface area contributed by atoms with E-state index in [1.165, 1.54) is 12.1 Å². The van der Waals surface area contributed by atoms with Crippen LogP contribution in [0.4, 0.5) is 4.39 Å². The minimum absolute atomic E-state index is 0.155. The van der Waals surface area contributed by atoms with Gasteiger partial charge in [0, 0.05) is 5.56 Å². The van der Waals surface area contributed by atoms with E-state index in [2.05, 4.69) is 4.98 Å². The fourth-order valence-electron chi connectivity index (χ4n) is 2.02. The molecule has 0 N–H and O–H groups in total. The molecule has 112 valence electrons. The van der Waals surface area contributed by atoms with Crippen molar-refractivity contribution in [3.8, 4) is 29.0 Å². The third kappa shape index (κ3) is 3.31. The average molecular weight is 325 g/mol. The lowest BCUT2D eigenvalue weighted by molar-refractivity contribution is 0.462. The molecular weight excluding hydrogens is 315 g/mol. The van der Waals surface area contributed by atoms with E-state index in [0.29, 0.717) is 16.5 Å². The minimum Gasteiger partial charge on any atom is -0.436 e. The van der Waals surface area contributed by atoms with E-state index in [9.17, 15) is 9.65 Å². The van der Waals surface area contributed by atoms with Crippen LogP contribution < -0.4 is 4.74 Å². The first kappa shape index (κ1) is 15.0. The van der Waals surface area contributed by atoms with Crippen LogP contribution in [0.5, 0.6) is 11.6 Å². The molecule has 0 saturated carbocycles. The van der Waals surface area contributed by atoms with Crippen molar-refractivity contribution in [2.75, 3.05) is 0 Å². The summed E-state index contributed by atoms with van der Waals surface area (Å²) in [5, 5.41) is 9.63. The van der Waals surface area contributed by atoms with Crippen molar-refractivity contribution in [2.45, 2.75) is 0 Å². The number of rotatable bonds is 3. The number of aromatic nitrogens is 1. The fourth-order valence-corrected chi connectivity index (χ4v) is 2.19. The summed E-state index contributed by atoms with van der Waals surface area (Å²) in [5.41, 5.74) is 1.58. The Kier molecular flexibility index (Phi) is 4.22. The summed E-state index contributed by atoms with van der Waals surface area (Å²) in [4.78, 5) is 4.35. The molecule has 1 aromatic heterocycles. The number of hydrogen-bond acceptors (Lipinski definition) is 3. The van der Waals surface area contributed by atoms with Gasteiger partial charge in [-0.2, -0.15) is 5.26 Å². The van der Waals surface area contributed by atoms with Gasteiger partial charge in [-0.15, -0.1) is 0 Å². The third-order valence-corrected chi connectivity index (χ3v) is 3.48. The van der Waals surface area contributed by atoms with Crippen molar-refractivity contribution in [2.24, 2.45) is 0 Å². The standard InChI is InChI=1S/C18H10ClFN2O/c19-15-3-1-2-4-17(15)23-18-13(11-21)7-10-16(22-18)12-5-8-14(20)9-6-12/h1-10H. The third-order valence-electron chi connectivity index (χ3n) is 3.16. The Morgan fingerprint density at radius 1 is 1.00 bits per heavy atom. The van der Waals surface area contributed by atoms with Gasteiger partial charge in [0.15, 0.2) is 0 Å². The number of halogens is 2. The second kappa shape index (κ2) is 6.47. The van der Waals surface area contributed by atoms with Crippen molar-refractivity contribution in [3.63, 3.8) is 0 Å².